The third-order valence-corrected chi connectivity index (χ3v) is 6.38. The Morgan fingerprint density at radius 1 is 0.976 bits per heavy atom. The second-order valence-electron chi connectivity index (χ2n) is 10.6. The fourth-order valence-electron chi connectivity index (χ4n) is 4.34. The maximum atomic E-state index is 14.5. The summed E-state index contributed by atoms with van der Waals surface area (Å²) in [5.41, 5.74) is 6.19. The smallest absolute Gasteiger partial charge is 0.412 e. The second kappa shape index (κ2) is 14.4. The monoisotopic (exact) mass is 578 g/mol. The normalized spacial score (nSPS) is 11.2. The number of amides is 4. The summed E-state index contributed by atoms with van der Waals surface area (Å²) in [6.07, 6.45) is 0.755. The molecule has 224 valence electrons. The van der Waals surface area contributed by atoms with Crippen LogP contribution in [0.4, 0.5) is 31.0 Å². The summed E-state index contributed by atoms with van der Waals surface area (Å²) >= 11 is 0. The molecule has 0 bridgehead atoms. The van der Waals surface area contributed by atoms with Gasteiger partial charge in [0.2, 0.25) is 0 Å². The van der Waals surface area contributed by atoms with Gasteiger partial charge in [-0.2, -0.15) is 0 Å². The van der Waals surface area contributed by atoms with Gasteiger partial charge in [-0.25, -0.2) is 14.0 Å². The molecule has 0 atom stereocenters. The van der Waals surface area contributed by atoms with Crippen LogP contribution in [0.1, 0.15) is 50.7 Å². The maximum Gasteiger partial charge on any atom is 0.412 e. The highest BCUT2D eigenvalue weighted by Crippen LogP contribution is 2.34. The number of halogens is 1. The Hall–Kier alpha value is -4.51. The van der Waals surface area contributed by atoms with Crippen LogP contribution >= 0.6 is 0 Å². The number of carbonyl (C=O) groups is 3. The molecule has 3 aromatic rings. The van der Waals surface area contributed by atoms with Crippen LogP contribution in [0.25, 0.3) is 0 Å². The third-order valence-electron chi connectivity index (χ3n) is 6.38. The van der Waals surface area contributed by atoms with Crippen LogP contribution in [0.3, 0.4) is 0 Å². The number of ether oxygens (including phenoxy) is 1. The number of primary amides is 1. The van der Waals surface area contributed by atoms with E-state index in [1.165, 1.54) is 29.3 Å². The number of likely N-dealkylation sites (N-methyl/N-ethyl adjacent to an activating group) is 1. The number of hydrogen-bond donors (Lipinski definition) is 2. The Kier molecular flexibility index (Phi) is 11.0. The minimum absolute atomic E-state index is 0.0136. The molecule has 2 aromatic carbocycles. The van der Waals surface area contributed by atoms with Gasteiger partial charge in [0.1, 0.15) is 17.1 Å². The molecule has 11 heteroatoms. The number of carbonyl (C=O) groups excluding carboxylic acids is 3. The summed E-state index contributed by atoms with van der Waals surface area (Å²) in [6.45, 7) is 11.7. The fraction of sp³-hybridized carbons (Fsp3) is 0.355. The van der Waals surface area contributed by atoms with Crippen LogP contribution in [0.15, 0.2) is 66.9 Å². The zero-order valence-electron chi connectivity index (χ0n) is 24.8. The van der Waals surface area contributed by atoms with Gasteiger partial charge in [0.05, 0.1) is 17.1 Å². The summed E-state index contributed by atoms with van der Waals surface area (Å²) in [5, 5.41) is 2.72. The van der Waals surface area contributed by atoms with E-state index in [-0.39, 0.29) is 30.2 Å². The van der Waals surface area contributed by atoms with E-state index in [1.807, 2.05) is 13.8 Å². The molecular formula is C31H39FN6O4. The average molecular weight is 579 g/mol. The Balaban J connectivity index is 2.12. The van der Waals surface area contributed by atoms with Crippen LogP contribution in [0.5, 0.6) is 0 Å². The minimum Gasteiger partial charge on any atom is -0.444 e. The number of nitrogens with zero attached hydrogens (tertiary/aromatic N) is 4. The SMILES string of the molecule is CCN(CC)CCN(Cc1cccnc1C(N)=O)C(=O)N(c1cccc(F)c1)c1ccccc1NC(=O)OC(C)(C)C. The summed E-state index contributed by atoms with van der Waals surface area (Å²) in [5.74, 6) is -1.25. The lowest BCUT2D eigenvalue weighted by molar-refractivity contribution is 0.0635. The molecule has 3 N–H and O–H groups in total. The van der Waals surface area contributed by atoms with E-state index in [0.29, 0.717) is 17.8 Å². The summed E-state index contributed by atoms with van der Waals surface area (Å²) in [4.78, 5) is 48.5. The van der Waals surface area contributed by atoms with Crippen molar-refractivity contribution in [3.8, 4) is 0 Å². The number of nitrogens with one attached hydrogen (secondary N) is 1. The molecule has 42 heavy (non-hydrogen) atoms. The number of hydrogen-bond acceptors (Lipinski definition) is 6. The quantitative estimate of drug-likeness (QED) is 0.298. The highest BCUT2D eigenvalue weighted by Gasteiger charge is 2.29. The highest BCUT2D eigenvalue weighted by atomic mass is 19.1. The predicted molar refractivity (Wildman–Crippen MR) is 161 cm³/mol. The molecular weight excluding hydrogens is 539 g/mol. The Morgan fingerprint density at radius 2 is 1.69 bits per heavy atom. The topological polar surface area (TPSA) is 121 Å². The van der Waals surface area contributed by atoms with Gasteiger partial charge in [0.15, 0.2) is 0 Å². The van der Waals surface area contributed by atoms with Crippen molar-refractivity contribution in [1.82, 2.24) is 14.8 Å². The molecule has 0 aliphatic heterocycles. The number of nitrogens with two attached hydrogens (primary N) is 1. The third kappa shape index (κ3) is 8.74. The van der Waals surface area contributed by atoms with E-state index in [9.17, 15) is 18.8 Å². The predicted octanol–water partition coefficient (Wildman–Crippen LogP) is 5.77. The summed E-state index contributed by atoms with van der Waals surface area (Å²) in [7, 11) is 0. The van der Waals surface area contributed by atoms with E-state index in [2.05, 4.69) is 15.2 Å². The number of anilines is 3. The highest BCUT2D eigenvalue weighted by molar-refractivity contribution is 6.04. The number of benzene rings is 2. The van der Waals surface area contributed by atoms with E-state index in [4.69, 9.17) is 10.5 Å². The van der Waals surface area contributed by atoms with Crippen molar-refractivity contribution >= 4 is 35.1 Å². The first-order chi connectivity index (χ1) is 19.9. The molecule has 10 nitrogen and oxygen atoms in total. The lowest BCUT2D eigenvalue weighted by atomic mass is 10.1. The van der Waals surface area contributed by atoms with Crippen molar-refractivity contribution in [1.29, 1.82) is 0 Å². The number of para-hydroxylation sites is 2. The van der Waals surface area contributed by atoms with E-state index < -0.39 is 29.4 Å². The van der Waals surface area contributed by atoms with Crippen LogP contribution in [0.2, 0.25) is 0 Å². The molecule has 0 aliphatic rings. The molecule has 0 unspecified atom stereocenters. The molecule has 4 amide bonds. The van der Waals surface area contributed by atoms with Gasteiger partial charge in [-0.1, -0.05) is 38.1 Å². The minimum atomic E-state index is -0.750. The number of rotatable bonds is 11. The van der Waals surface area contributed by atoms with Gasteiger partial charge in [0, 0.05) is 31.4 Å². The lowest BCUT2D eigenvalue weighted by Crippen LogP contribution is -2.45. The molecule has 1 heterocycles. The van der Waals surface area contributed by atoms with Crippen molar-refractivity contribution < 1.29 is 23.5 Å². The van der Waals surface area contributed by atoms with E-state index in [1.54, 1.807) is 68.1 Å². The van der Waals surface area contributed by atoms with Crippen LogP contribution in [0, 0.1) is 5.82 Å². The van der Waals surface area contributed by atoms with Crippen molar-refractivity contribution in [2.45, 2.75) is 46.8 Å². The zero-order chi connectivity index (χ0) is 30.9. The number of aromatic nitrogens is 1. The first-order valence-electron chi connectivity index (χ1n) is 13.8. The molecule has 0 fully saturated rings. The van der Waals surface area contributed by atoms with Gasteiger partial charge in [-0.15, -0.1) is 0 Å². The van der Waals surface area contributed by atoms with Crippen molar-refractivity contribution in [3.63, 3.8) is 0 Å². The molecule has 1 aromatic heterocycles. The Bertz CT molecular complexity index is 1390. The van der Waals surface area contributed by atoms with E-state index >= 15 is 0 Å². The summed E-state index contributed by atoms with van der Waals surface area (Å²) in [6, 6.07) is 15.2. The maximum absolute atomic E-state index is 14.5. The Morgan fingerprint density at radius 3 is 2.33 bits per heavy atom. The standard InChI is InChI=1S/C31H39FN6O4/c1-6-36(7-2)18-19-37(21-22-12-11-17-34-27(22)28(33)39)30(41)38(24-14-10-13-23(32)20-24)26-16-9-8-15-25(26)35-29(40)42-31(3,4)5/h8-17,20H,6-7,18-19,21H2,1-5H3,(H2,33,39)(H,35,40). The van der Waals surface area contributed by atoms with Crippen molar-refractivity contribution in [2.75, 3.05) is 36.4 Å². The van der Waals surface area contributed by atoms with Crippen molar-refractivity contribution in [3.05, 3.63) is 83.9 Å². The molecule has 3 rings (SSSR count). The van der Waals surface area contributed by atoms with Gasteiger partial charge in [-0.3, -0.25) is 20.0 Å². The molecule has 0 aliphatic carbocycles. The average Bonchev–Trinajstić information content (AvgIpc) is 2.93. The molecule has 0 spiro atoms. The van der Waals surface area contributed by atoms with E-state index in [0.717, 1.165) is 13.1 Å². The van der Waals surface area contributed by atoms with Gasteiger partial charge < -0.3 is 20.3 Å². The van der Waals surface area contributed by atoms with Gasteiger partial charge in [-0.05, 0) is 70.3 Å². The van der Waals surface area contributed by atoms with Gasteiger partial charge in [0.25, 0.3) is 5.91 Å². The first-order valence-corrected chi connectivity index (χ1v) is 13.8. The second-order valence-corrected chi connectivity index (χ2v) is 10.6. The zero-order valence-corrected chi connectivity index (χ0v) is 24.8. The van der Waals surface area contributed by atoms with Crippen LogP contribution in [-0.4, -0.2) is 64.6 Å². The Labute approximate surface area is 246 Å². The fourth-order valence-corrected chi connectivity index (χ4v) is 4.34. The largest absolute Gasteiger partial charge is 0.444 e. The number of urea groups is 1. The molecule has 0 saturated carbocycles. The molecule has 0 saturated heterocycles. The van der Waals surface area contributed by atoms with Gasteiger partial charge >= 0.3 is 12.1 Å². The lowest BCUT2D eigenvalue weighted by Gasteiger charge is -2.33. The summed E-state index contributed by atoms with van der Waals surface area (Å²) < 4.78 is 20.0. The number of pyridine rings is 1. The first kappa shape index (κ1) is 32.0. The van der Waals surface area contributed by atoms with Crippen LogP contribution < -0.4 is 16.0 Å². The molecule has 0 radical (unpaired) electrons. The van der Waals surface area contributed by atoms with Crippen molar-refractivity contribution in [2.24, 2.45) is 5.73 Å². The van der Waals surface area contributed by atoms with Crippen LogP contribution in [-0.2, 0) is 11.3 Å².